The Morgan fingerprint density at radius 2 is 0.559 bits per heavy atom. The highest BCUT2D eigenvalue weighted by Gasteiger charge is 2.11. The highest BCUT2D eigenvalue weighted by Crippen LogP contribution is 2.11. The molecule has 0 aliphatic heterocycles. The molecule has 0 aliphatic rings. The summed E-state index contributed by atoms with van der Waals surface area (Å²) in [6.45, 7) is 0. The van der Waals surface area contributed by atoms with Crippen molar-refractivity contribution >= 4 is 35.8 Å². The molecule has 0 unspecified atom stereocenters. The third-order valence-corrected chi connectivity index (χ3v) is 5.01. The molecule has 2 N–H and O–H groups in total. The summed E-state index contributed by atoms with van der Waals surface area (Å²) < 4.78 is 9.46. The molecule has 10 heteroatoms. The summed E-state index contributed by atoms with van der Waals surface area (Å²) >= 11 is 0. The second-order valence-electron chi connectivity index (χ2n) is 8.22. The van der Waals surface area contributed by atoms with Gasteiger partial charge in [-0.05, 0) is 38.5 Å². The van der Waals surface area contributed by atoms with E-state index in [2.05, 4.69) is 0 Å². The van der Waals surface area contributed by atoms with E-state index in [1.165, 1.54) is 0 Å². The number of carboxylic acid groups (broad SMARTS) is 2. The van der Waals surface area contributed by atoms with Crippen LogP contribution in [-0.2, 0) is 38.2 Å². The maximum atomic E-state index is 11.6. The van der Waals surface area contributed by atoms with E-state index in [0.717, 1.165) is 25.7 Å². The second kappa shape index (κ2) is 20.8. The standard InChI is InChI=1S/C24H38O10/c25-19(26)13-7-5-11-17-23(31)33-21(29)15-9-3-1-2-4-10-16-22(30)34-24(32)18-12-6-8-14-20(27)28/h1-18H2,(H,25,26)(H,27,28). The van der Waals surface area contributed by atoms with Crippen LogP contribution in [-0.4, -0.2) is 46.0 Å². The molecule has 0 heterocycles. The summed E-state index contributed by atoms with van der Waals surface area (Å²) in [7, 11) is 0. The molecular formula is C24H38O10. The molecule has 194 valence electrons. The molecule has 0 atom stereocenters. The first-order valence-electron chi connectivity index (χ1n) is 12.1. The molecule has 0 bridgehead atoms. The van der Waals surface area contributed by atoms with Gasteiger partial charge in [-0.1, -0.05) is 38.5 Å². The Hall–Kier alpha value is -2.78. The summed E-state index contributed by atoms with van der Waals surface area (Å²) in [5.74, 6) is -4.00. The van der Waals surface area contributed by atoms with E-state index in [1.807, 2.05) is 0 Å². The SMILES string of the molecule is O=C(O)CCCCCC(=O)OC(=O)CCCCCCCCC(=O)OC(=O)CCCCCC(=O)O. The van der Waals surface area contributed by atoms with Gasteiger partial charge in [0, 0.05) is 38.5 Å². The topological polar surface area (TPSA) is 161 Å². The first-order chi connectivity index (χ1) is 16.2. The molecule has 0 aliphatic carbocycles. The van der Waals surface area contributed by atoms with Crippen molar-refractivity contribution in [3.63, 3.8) is 0 Å². The van der Waals surface area contributed by atoms with Crippen molar-refractivity contribution in [3.8, 4) is 0 Å². The number of ether oxygens (including phenoxy) is 2. The van der Waals surface area contributed by atoms with Crippen molar-refractivity contribution in [2.24, 2.45) is 0 Å². The van der Waals surface area contributed by atoms with E-state index >= 15 is 0 Å². The molecular weight excluding hydrogens is 448 g/mol. The Morgan fingerprint density at radius 3 is 0.824 bits per heavy atom. The predicted octanol–water partition coefficient (Wildman–Crippen LogP) is 4.32. The van der Waals surface area contributed by atoms with Crippen LogP contribution in [0, 0.1) is 0 Å². The van der Waals surface area contributed by atoms with Gasteiger partial charge in [0.25, 0.3) is 0 Å². The number of aliphatic carboxylic acids is 2. The van der Waals surface area contributed by atoms with E-state index in [9.17, 15) is 28.8 Å². The smallest absolute Gasteiger partial charge is 0.313 e. The van der Waals surface area contributed by atoms with E-state index in [4.69, 9.17) is 19.7 Å². The molecule has 0 spiro atoms. The van der Waals surface area contributed by atoms with Crippen LogP contribution >= 0.6 is 0 Å². The minimum atomic E-state index is -0.869. The average Bonchev–Trinajstić information content (AvgIpc) is 2.74. The summed E-state index contributed by atoms with van der Waals surface area (Å²) in [6, 6.07) is 0. The number of carboxylic acids is 2. The van der Waals surface area contributed by atoms with Crippen LogP contribution < -0.4 is 0 Å². The third-order valence-electron chi connectivity index (χ3n) is 5.01. The van der Waals surface area contributed by atoms with Crippen molar-refractivity contribution in [3.05, 3.63) is 0 Å². The zero-order valence-electron chi connectivity index (χ0n) is 19.9. The van der Waals surface area contributed by atoms with Gasteiger partial charge in [-0.15, -0.1) is 0 Å². The number of carbonyl (C=O) groups excluding carboxylic acids is 4. The lowest BCUT2D eigenvalue weighted by Crippen LogP contribution is -2.12. The largest absolute Gasteiger partial charge is 0.481 e. The highest BCUT2D eigenvalue weighted by molar-refractivity contribution is 5.85. The van der Waals surface area contributed by atoms with Gasteiger partial charge in [-0.3, -0.25) is 28.8 Å². The zero-order chi connectivity index (χ0) is 25.6. The number of rotatable bonds is 21. The van der Waals surface area contributed by atoms with Gasteiger partial charge >= 0.3 is 35.8 Å². The Balaban J connectivity index is 3.54. The fourth-order valence-corrected chi connectivity index (χ4v) is 3.15. The third kappa shape index (κ3) is 22.4. The Labute approximate surface area is 200 Å². The number of hydrogen-bond donors (Lipinski definition) is 2. The first kappa shape index (κ1) is 31.2. The van der Waals surface area contributed by atoms with E-state index < -0.39 is 35.8 Å². The predicted molar refractivity (Wildman–Crippen MR) is 121 cm³/mol. The van der Waals surface area contributed by atoms with Gasteiger partial charge in [0.15, 0.2) is 0 Å². The molecule has 0 saturated carbocycles. The normalized spacial score (nSPS) is 10.5. The van der Waals surface area contributed by atoms with Gasteiger partial charge in [0.2, 0.25) is 0 Å². The summed E-state index contributed by atoms with van der Waals surface area (Å²) in [5.41, 5.74) is 0. The number of unbranched alkanes of at least 4 members (excludes halogenated alkanes) is 9. The van der Waals surface area contributed by atoms with Crippen LogP contribution in [0.4, 0.5) is 0 Å². The lowest BCUT2D eigenvalue weighted by atomic mass is 10.1. The van der Waals surface area contributed by atoms with Crippen molar-refractivity contribution < 1.29 is 48.5 Å². The van der Waals surface area contributed by atoms with Crippen LogP contribution in [0.2, 0.25) is 0 Å². The second-order valence-corrected chi connectivity index (χ2v) is 8.22. The summed E-state index contributed by atoms with van der Waals surface area (Å²) in [4.78, 5) is 67.1. The van der Waals surface area contributed by atoms with Crippen molar-refractivity contribution in [2.75, 3.05) is 0 Å². The van der Waals surface area contributed by atoms with Crippen molar-refractivity contribution in [2.45, 2.75) is 116 Å². The van der Waals surface area contributed by atoms with E-state index in [0.29, 0.717) is 51.4 Å². The minimum Gasteiger partial charge on any atom is -0.481 e. The van der Waals surface area contributed by atoms with Crippen LogP contribution in [0.25, 0.3) is 0 Å². The van der Waals surface area contributed by atoms with Gasteiger partial charge in [0.1, 0.15) is 0 Å². The van der Waals surface area contributed by atoms with Crippen LogP contribution in [0.1, 0.15) is 116 Å². The Kier molecular flexibility index (Phi) is 19.1. The number of esters is 4. The lowest BCUT2D eigenvalue weighted by molar-refractivity contribution is -0.161. The van der Waals surface area contributed by atoms with Crippen LogP contribution in [0.5, 0.6) is 0 Å². The monoisotopic (exact) mass is 486 g/mol. The van der Waals surface area contributed by atoms with Gasteiger partial charge in [0.05, 0.1) is 0 Å². The van der Waals surface area contributed by atoms with Gasteiger partial charge < -0.3 is 19.7 Å². The van der Waals surface area contributed by atoms with Crippen LogP contribution in [0.15, 0.2) is 0 Å². The summed E-state index contributed by atoms with van der Waals surface area (Å²) in [5, 5.41) is 17.0. The lowest BCUT2D eigenvalue weighted by Gasteiger charge is -2.04. The molecule has 34 heavy (non-hydrogen) atoms. The van der Waals surface area contributed by atoms with Gasteiger partial charge in [-0.2, -0.15) is 0 Å². The maximum Gasteiger partial charge on any atom is 0.313 e. The fourth-order valence-electron chi connectivity index (χ4n) is 3.15. The van der Waals surface area contributed by atoms with E-state index in [-0.39, 0.29) is 38.5 Å². The number of carbonyl (C=O) groups is 6. The Morgan fingerprint density at radius 1 is 0.353 bits per heavy atom. The molecule has 0 saturated heterocycles. The molecule has 0 aromatic carbocycles. The molecule has 0 amide bonds. The molecule has 0 rings (SSSR count). The van der Waals surface area contributed by atoms with Crippen LogP contribution in [0.3, 0.4) is 0 Å². The molecule has 0 fully saturated rings. The van der Waals surface area contributed by atoms with Crippen molar-refractivity contribution in [1.29, 1.82) is 0 Å². The Bertz CT molecular complexity index is 600. The molecule has 0 aromatic rings. The zero-order valence-corrected chi connectivity index (χ0v) is 19.9. The fraction of sp³-hybridized carbons (Fsp3) is 0.750. The highest BCUT2D eigenvalue weighted by atomic mass is 16.6. The number of hydrogen-bond acceptors (Lipinski definition) is 8. The van der Waals surface area contributed by atoms with Gasteiger partial charge in [-0.25, -0.2) is 0 Å². The average molecular weight is 487 g/mol. The minimum absolute atomic E-state index is 0.0660. The quantitative estimate of drug-likeness (QED) is 0.136. The molecule has 0 aromatic heterocycles. The van der Waals surface area contributed by atoms with E-state index in [1.54, 1.807) is 0 Å². The molecule has 10 nitrogen and oxygen atoms in total. The molecule has 0 radical (unpaired) electrons. The summed E-state index contributed by atoms with van der Waals surface area (Å²) in [6.07, 6.45) is 8.38. The maximum absolute atomic E-state index is 11.6. The first-order valence-corrected chi connectivity index (χ1v) is 12.1. The van der Waals surface area contributed by atoms with Crippen molar-refractivity contribution in [1.82, 2.24) is 0 Å².